The van der Waals surface area contributed by atoms with E-state index >= 15 is 0 Å². The SMILES string of the molecule is CNCC(C)(O)CN1CCN(c2ccccc2)CC1. The van der Waals surface area contributed by atoms with Gasteiger partial charge in [0.05, 0.1) is 5.60 Å². The van der Waals surface area contributed by atoms with Gasteiger partial charge in [-0.3, -0.25) is 4.90 Å². The Morgan fingerprint density at radius 2 is 1.79 bits per heavy atom. The molecule has 0 spiro atoms. The number of hydrogen-bond acceptors (Lipinski definition) is 4. The Hall–Kier alpha value is -1.10. The monoisotopic (exact) mass is 263 g/mol. The van der Waals surface area contributed by atoms with Gasteiger partial charge in [-0.15, -0.1) is 0 Å². The number of likely N-dealkylation sites (N-methyl/N-ethyl adjacent to an activating group) is 1. The summed E-state index contributed by atoms with van der Waals surface area (Å²) in [5.41, 5.74) is 0.646. The highest BCUT2D eigenvalue weighted by molar-refractivity contribution is 5.46. The Morgan fingerprint density at radius 3 is 2.37 bits per heavy atom. The fourth-order valence-electron chi connectivity index (χ4n) is 2.72. The molecule has 1 atom stereocenters. The molecule has 1 aliphatic heterocycles. The number of β-amino-alcohol motifs (C(OH)–C–C–N with tert-alkyl or cyclic N) is 1. The lowest BCUT2D eigenvalue weighted by atomic mass is 10.1. The van der Waals surface area contributed by atoms with Crippen molar-refractivity contribution in [3.8, 4) is 0 Å². The molecule has 0 bridgehead atoms. The number of piperazine rings is 1. The van der Waals surface area contributed by atoms with Crippen LogP contribution < -0.4 is 10.2 Å². The molecular weight excluding hydrogens is 238 g/mol. The first-order valence-corrected chi connectivity index (χ1v) is 7.00. The van der Waals surface area contributed by atoms with E-state index in [4.69, 9.17) is 0 Å². The van der Waals surface area contributed by atoms with E-state index in [1.165, 1.54) is 5.69 Å². The zero-order valence-electron chi connectivity index (χ0n) is 12.0. The van der Waals surface area contributed by atoms with Crippen LogP contribution in [-0.2, 0) is 0 Å². The molecule has 0 aliphatic carbocycles. The molecule has 0 aromatic heterocycles. The number of nitrogens with one attached hydrogen (secondary N) is 1. The number of para-hydroxylation sites is 1. The third kappa shape index (κ3) is 4.20. The van der Waals surface area contributed by atoms with E-state index in [2.05, 4.69) is 45.4 Å². The second kappa shape index (κ2) is 6.37. The molecule has 106 valence electrons. The van der Waals surface area contributed by atoms with Crippen LogP contribution >= 0.6 is 0 Å². The maximum atomic E-state index is 10.2. The van der Waals surface area contributed by atoms with E-state index < -0.39 is 5.60 Å². The van der Waals surface area contributed by atoms with Crippen molar-refractivity contribution in [2.45, 2.75) is 12.5 Å². The van der Waals surface area contributed by atoms with Crippen molar-refractivity contribution < 1.29 is 5.11 Å². The molecule has 1 aromatic rings. The molecule has 1 unspecified atom stereocenters. The summed E-state index contributed by atoms with van der Waals surface area (Å²) in [5, 5.41) is 13.3. The van der Waals surface area contributed by atoms with Crippen LogP contribution in [0.1, 0.15) is 6.92 Å². The molecule has 1 heterocycles. The summed E-state index contributed by atoms with van der Waals surface area (Å²) in [7, 11) is 1.88. The van der Waals surface area contributed by atoms with Gasteiger partial charge in [0.1, 0.15) is 0 Å². The van der Waals surface area contributed by atoms with Crippen molar-refractivity contribution in [1.82, 2.24) is 10.2 Å². The number of aliphatic hydroxyl groups is 1. The topological polar surface area (TPSA) is 38.7 Å². The van der Waals surface area contributed by atoms with Gasteiger partial charge in [0.15, 0.2) is 0 Å². The average molecular weight is 263 g/mol. The summed E-state index contributed by atoms with van der Waals surface area (Å²) in [5.74, 6) is 0. The zero-order chi connectivity index (χ0) is 13.7. The minimum absolute atomic E-state index is 0.631. The summed E-state index contributed by atoms with van der Waals surface area (Å²) >= 11 is 0. The normalized spacial score (nSPS) is 20.3. The van der Waals surface area contributed by atoms with E-state index in [1.807, 2.05) is 14.0 Å². The third-order valence-corrected chi connectivity index (χ3v) is 3.62. The third-order valence-electron chi connectivity index (χ3n) is 3.62. The van der Waals surface area contributed by atoms with Crippen LogP contribution in [-0.4, -0.2) is 61.9 Å². The van der Waals surface area contributed by atoms with Crippen LogP contribution in [0.2, 0.25) is 0 Å². The fraction of sp³-hybridized carbons (Fsp3) is 0.600. The highest BCUT2D eigenvalue weighted by Gasteiger charge is 2.25. The van der Waals surface area contributed by atoms with Gasteiger partial charge >= 0.3 is 0 Å². The van der Waals surface area contributed by atoms with E-state index in [-0.39, 0.29) is 0 Å². The largest absolute Gasteiger partial charge is 0.388 e. The summed E-state index contributed by atoms with van der Waals surface area (Å²) < 4.78 is 0. The second-order valence-electron chi connectivity index (χ2n) is 5.63. The van der Waals surface area contributed by atoms with E-state index in [0.29, 0.717) is 6.54 Å². The zero-order valence-corrected chi connectivity index (χ0v) is 12.0. The molecule has 2 rings (SSSR count). The second-order valence-corrected chi connectivity index (χ2v) is 5.63. The molecule has 1 aromatic carbocycles. The minimum atomic E-state index is -0.649. The van der Waals surface area contributed by atoms with Crippen molar-refractivity contribution in [3.63, 3.8) is 0 Å². The van der Waals surface area contributed by atoms with Crippen molar-refractivity contribution in [2.75, 3.05) is 51.2 Å². The van der Waals surface area contributed by atoms with Crippen molar-refractivity contribution >= 4 is 5.69 Å². The average Bonchev–Trinajstić information content (AvgIpc) is 2.40. The number of nitrogens with zero attached hydrogens (tertiary/aromatic N) is 2. The summed E-state index contributed by atoms with van der Waals surface area (Å²) in [6.45, 7) is 7.33. The molecule has 1 saturated heterocycles. The Balaban J connectivity index is 1.83. The Labute approximate surface area is 116 Å². The van der Waals surface area contributed by atoms with Gasteiger partial charge in [0.25, 0.3) is 0 Å². The Morgan fingerprint density at radius 1 is 1.16 bits per heavy atom. The first-order chi connectivity index (χ1) is 9.11. The van der Waals surface area contributed by atoms with Gasteiger partial charge in [-0.1, -0.05) is 18.2 Å². The minimum Gasteiger partial charge on any atom is -0.388 e. The maximum Gasteiger partial charge on any atom is 0.0869 e. The van der Waals surface area contributed by atoms with Crippen LogP contribution in [0, 0.1) is 0 Å². The van der Waals surface area contributed by atoms with Gasteiger partial charge in [0, 0.05) is 45.0 Å². The standard InChI is InChI=1S/C15H25N3O/c1-15(19,12-16-2)13-17-8-10-18(11-9-17)14-6-4-3-5-7-14/h3-7,16,19H,8-13H2,1-2H3. The summed E-state index contributed by atoms with van der Waals surface area (Å²) in [4.78, 5) is 4.75. The van der Waals surface area contributed by atoms with Gasteiger partial charge in [-0.25, -0.2) is 0 Å². The molecular formula is C15H25N3O. The predicted octanol–water partition coefficient (Wildman–Crippen LogP) is 0.779. The first-order valence-electron chi connectivity index (χ1n) is 7.00. The van der Waals surface area contributed by atoms with E-state index in [0.717, 1.165) is 32.7 Å². The van der Waals surface area contributed by atoms with Crippen LogP contribution in [0.25, 0.3) is 0 Å². The molecule has 0 amide bonds. The van der Waals surface area contributed by atoms with Crippen LogP contribution in [0.15, 0.2) is 30.3 Å². The predicted molar refractivity (Wildman–Crippen MR) is 79.6 cm³/mol. The molecule has 0 radical (unpaired) electrons. The highest BCUT2D eigenvalue weighted by atomic mass is 16.3. The lowest BCUT2D eigenvalue weighted by Gasteiger charge is -2.39. The van der Waals surface area contributed by atoms with Gasteiger partial charge in [-0.05, 0) is 26.1 Å². The molecule has 2 N–H and O–H groups in total. The van der Waals surface area contributed by atoms with E-state index in [9.17, 15) is 5.11 Å². The van der Waals surface area contributed by atoms with Crippen molar-refractivity contribution in [1.29, 1.82) is 0 Å². The van der Waals surface area contributed by atoms with Gasteiger partial charge in [0.2, 0.25) is 0 Å². The van der Waals surface area contributed by atoms with Gasteiger partial charge < -0.3 is 15.3 Å². The van der Waals surface area contributed by atoms with Crippen molar-refractivity contribution in [3.05, 3.63) is 30.3 Å². The van der Waals surface area contributed by atoms with Crippen molar-refractivity contribution in [2.24, 2.45) is 0 Å². The van der Waals surface area contributed by atoms with Crippen LogP contribution in [0.5, 0.6) is 0 Å². The highest BCUT2D eigenvalue weighted by Crippen LogP contribution is 2.16. The maximum absolute atomic E-state index is 10.2. The Bertz CT molecular complexity index is 372. The number of hydrogen-bond donors (Lipinski definition) is 2. The molecule has 4 nitrogen and oxygen atoms in total. The molecule has 19 heavy (non-hydrogen) atoms. The molecule has 4 heteroatoms. The molecule has 1 fully saturated rings. The van der Waals surface area contributed by atoms with Crippen LogP contribution in [0.4, 0.5) is 5.69 Å². The lowest BCUT2D eigenvalue weighted by Crippen LogP contribution is -2.53. The van der Waals surface area contributed by atoms with E-state index in [1.54, 1.807) is 0 Å². The van der Waals surface area contributed by atoms with Gasteiger partial charge in [-0.2, -0.15) is 0 Å². The number of benzene rings is 1. The molecule has 0 saturated carbocycles. The summed E-state index contributed by atoms with van der Waals surface area (Å²) in [6.07, 6.45) is 0. The smallest absolute Gasteiger partial charge is 0.0869 e. The first kappa shape index (κ1) is 14.3. The lowest BCUT2D eigenvalue weighted by molar-refractivity contribution is 0.0201. The van der Waals surface area contributed by atoms with Crippen LogP contribution in [0.3, 0.4) is 0 Å². The summed E-state index contributed by atoms with van der Waals surface area (Å²) in [6, 6.07) is 10.5. The number of rotatable bonds is 5. The number of anilines is 1. The quantitative estimate of drug-likeness (QED) is 0.823. The fourth-order valence-corrected chi connectivity index (χ4v) is 2.72. The Kier molecular flexibility index (Phi) is 4.80. The molecule has 1 aliphatic rings.